The lowest BCUT2D eigenvalue weighted by Gasteiger charge is -2.34. The van der Waals surface area contributed by atoms with Crippen LogP contribution in [0.15, 0.2) is 24.3 Å². The molecule has 2 fully saturated rings. The molecule has 3 aliphatic heterocycles. The predicted molar refractivity (Wildman–Crippen MR) is 92.2 cm³/mol. The Morgan fingerprint density at radius 3 is 2.59 bits per heavy atom. The number of Topliss-reactive ketones (excluding diaryl/α,β-unsaturated/α-hetero) is 1. The number of hydrogen-bond acceptors (Lipinski definition) is 6. The fourth-order valence-corrected chi connectivity index (χ4v) is 3.82. The van der Waals surface area contributed by atoms with Crippen molar-refractivity contribution in [2.45, 2.75) is 37.9 Å². The van der Waals surface area contributed by atoms with E-state index in [9.17, 15) is 19.2 Å². The van der Waals surface area contributed by atoms with Crippen LogP contribution in [0.4, 0.5) is 4.79 Å². The highest BCUT2D eigenvalue weighted by atomic mass is 16.6. The number of nitrogens with zero attached hydrogens (tertiary/aromatic N) is 2. The molecule has 0 radical (unpaired) electrons. The van der Waals surface area contributed by atoms with Gasteiger partial charge < -0.3 is 14.4 Å². The molecule has 8 heteroatoms. The molecule has 8 nitrogen and oxygen atoms in total. The van der Waals surface area contributed by atoms with Gasteiger partial charge in [0.2, 0.25) is 5.91 Å². The lowest BCUT2D eigenvalue weighted by molar-refractivity contribution is -0.140. The Hall–Kier alpha value is -2.90. The Kier molecular flexibility index (Phi) is 3.76. The highest BCUT2D eigenvalue weighted by Gasteiger charge is 2.50. The van der Waals surface area contributed by atoms with Crippen LogP contribution >= 0.6 is 0 Å². The van der Waals surface area contributed by atoms with E-state index in [0.29, 0.717) is 24.3 Å². The number of carbonyl (C=O) groups excluding carboxylic acids is 4. The van der Waals surface area contributed by atoms with Crippen molar-refractivity contribution in [2.75, 3.05) is 19.6 Å². The smallest absolute Gasteiger partial charge is 0.418 e. The van der Waals surface area contributed by atoms with E-state index in [2.05, 4.69) is 0 Å². The minimum Gasteiger partial charge on any atom is -0.484 e. The number of ketones is 1. The first-order valence-corrected chi connectivity index (χ1v) is 8.85. The normalized spacial score (nSPS) is 26.2. The topological polar surface area (TPSA) is 93.2 Å². The zero-order chi connectivity index (χ0) is 19.4. The Morgan fingerprint density at radius 1 is 1.15 bits per heavy atom. The van der Waals surface area contributed by atoms with Crippen molar-refractivity contribution in [3.8, 4) is 5.75 Å². The maximum absolute atomic E-state index is 12.6. The number of para-hydroxylation sites is 1. The molecule has 0 N–H and O–H groups in total. The molecule has 1 unspecified atom stereocenters. The van der Waals surface area contributed by atoms with Gasteiger partial charge in [0.05, 0.1) is 18.5 Å². The van der Waals surface area contributed by atoms with E-state index in [-0.39, 0.29) is 31.2 Å². The molecule has 0 aliphatic carbocycles. The average molecular weight is 372 g/mol. The van der Waals surface area contributed by atoms with Crippen molar-refractivity contribution in [3.63, 3.8) is 0 Å². The van der Waals surface area contributed by atoms with Crippen molar-refractivity contribution in [2.24, 2.45) is 0 Å². The molecule has 0 bridgehead atoms. The van der Waals surface area contributed by atoms with Crippen LogP contribution < -0.4 is 4.74 Å². The van der Waals surface area contributed by atoms with Gasteiger partial charge >= 0.3 is 6.09 Å². The number of ether oxygens (including phenoxy) is 2. The summed E-state index contributed by atoms with van der Waals surface area (Å²) in [5.74, 6) is -0.383. The first kappa shape index (κ1) is 17.5. The molecule has 1 aromatic rings. The molecule has 1 spiro atoms. The van der Waals surface area contributed by atoms with Crippen LogP contribution in [0.5, 0.6) is 5.75 Å². The first-order valence-electron chi connectivity index (χ1n) is 8.85. The lowest BCUT2D eigenvalue weighted by atomic mass is 9.89. The standard InChI is InChI=1S/C19H20N2O6/c1-18(2)16(24)21(17(25)27-18)10-15(23)20-8-7-19(11-20)9-13(22)12-5-3-4-6-14(12)26-19/h3-6H,7-11H2,1-2H3. The van der Waals surface area contributed by atoms with Crippen LogP contribution in [-0.2, 0) is 14.3 Å². The van der Waals surface area contributed by atoms with Gasteiger partial charge in [0.1, 0.15) is 17.9 Å². The van der Waals surface area contributed by atoms with E-state index in [1.165, 1.54) is 18.7 Å². The number of rotatable bonds is 2. The fraction of sp³-hybridized carbons (Fsp3) is 0.474. The second-order valence-electron chi connectivity index (χ2n) is 7.72. The highest BCUT2D eigenvalue weighted by molar-refractivity contribution is 6.05. The number of imide groups is 1. The monoisotopic (exact) mass is 372 g/mol. The zero-order valence-corrected chi connectivity index (χ0v) is 15.2. The molecule has 0 aromatic heterocycles. The largest absolute Gasteiger partial charge is 0.484 e. The number of fused-ring (bicyclic) bond motifs is 1. The van der Waals surface area contributed by atoms with Crippen molar-refractivity contribution >= 4 is 23.7 Å². The minimum absolute atomic E-state index is 0.00815. The summed E-state index contributed by atoms with van der Waals surface area (Å²) < 4.78 is 11.1. The number of cyclic esters (lactones) is 1. The SMILES string of the molecule is CC1(C)OC(=O)N(CC(=O)N2CCC3(CC(=O)c4ccccc4O3)C2)C1=O. The van der Waals surface area contributed by atoms with Crippen LogP contribution in [0.1, 0.15) is 37.0 Å². The summed E-state index contributed by atoms with van der Waals surface area (Å²) in [4.78, 5) is 51.5. The predicted octanol–water partition coefficient (Wildman–Crippen LogP) is 1.38. The van der Waals surface area contributed by atoms with Gasteiger partial charge in [0.15, 0.2) is 11.4 Å². The van der Waals surface area contributed by atoms with E-state index in [4.69, 9.17) is 9.47 Å². The number of benzene rings is 1. The lowest BCUT2D eigenvalue weighted by Crippen LogP contribution is -2.47. The van der Waals surface area contributed by atoms with Gasteiger partial charge in [-0.3, -0.25) is 14.4 Å². The van der Waals surface area contributed by atoms with Crippen LogP contribution in [-0.4, -0.2) is 64.3 Å². The molecule has 0 saturated carbocycles. The molecule has 2 saturated heterocycles. The summed E-state index contributed by atoms with van der Waals surface area (Å²) in [6.07, 6.45) is -0.0981. The van der Waals surface area contributed by atoms with Gasteiger partial charge in [-0.25, -0.2) is 9.69 Å². The summed E-state index contributed by atoms with van der Waals surface area (Å²) in [6.45, 7) is 3.24. The summed E-state index contributed by atoms with van der Waals surface area (Å²) >= 11 is 0. The summed E-state index contributed by atoms with van der Waals surface area (Å²) in [5, 5.41) is 0. The van der Waals surface area contributed by atoms with Crippen molar-refractivity contribution < 1.29 is 28.7 Å². The Bertz CT molecular complexity index is 864. The van der Waals surface area contributed by atoms with Gasteiger partial charge in [-0.15, -0.1) is 0 Å². The Morgan fingerprint density at radius 2 is 1.89 bits per heavy atom. The van der Waals surface area contributed by atoms with E-state index in [1.807, 2.05) is 0 Å². The quantitative estimate of drug-likeness (QED) is 0.779. The van der Waals surface area contributed by atoms with Crippen molar-refractivity contribution in [1.82, 2.24) is 9.80 Å². The molecule has 142 valence electrons. The number of hydrogen-bond donors (Lipinski definition) is 0. The van der Waals surface area contributed by atoms with Crippen LogP contribution in [0.2, 0.25) is 0 Å². The van der Waals surface area contributed by atoms with Crippen LogP contribution in [0.25, 0.3) is 0 Å². The highest BCUT2D eigenvalue weighted by Crippen LogP contribution is 2.38. The van der Waals surface area contributed by atoms with Gasteiger partial charge in [-0.2, -0.15) is 0 Å². The summed E-state index contributed by atoms with van der Waals surface area (Å²) in [5.41, 5.74) is -1.46. The van der Waals surface area contributed by atoms with Gasteiger partial charge in [-0.05, 0) is 26.0 Å². The van der Waals surface area contributed by atoms with Gasteiger partial charge in [-0.1, -0.05) is 12.1 Å². The fourth-order valence-electron chi connectivity index (χ4n) is 3.82. The van der Waals surface area contributed by atoms with E-state index < -0.39 is 23.2 Å². The number of carbonyl (C=O) groups is 4. The van der Waals surface area contributed by atoms with E-state index in [0.717, 1.165) is 4.90 Å². The molecule has 4 rings (SSSR count). The third-order valence-corrected chi connectivity index (χ3v) is 5.28. The Labute approximate surface area is 156 Å². The van der Waals surface area contributed by atoms with Crippen molar-refractivity contribution in [1.29, 1.82) is 0 Å². The average Bonchev–Trinajstić information content (AvgIpc) is 3.09. The van der Waals surface area contributed by atoms with Gasteiger partial charge in [0.25, 0.3) is 5.91 Å². The molecule has 1 aromatic carbocycles. The minimum atomic E-state index is -1.26. The van der Waals surface area contributed by atoms with Crippen molar-refractivity contribution in [3.05, 3.63) is 29.8 Å². The second kappa shape index (κ2) is 5.80. The Balaban J connectivity index is 1.46. The number of likely N-dealkylation sites (tertiary alicyclic amines) is 1. The molecular weight excluding hydrogens is 352 g/mol. The van der Waals surface area contributed by atoms with E-state index in [1.54, 1.807) is 24.3 Å². The van der Waals surface area contributed by atoms with Crippen LogP contribution in [0.3, 0.4) is 0 Å². The molecule has 3 heterocycles. The number of amides is 3. The van der Waals surface area contributed by atoms with Crippen LogP contribution in [0, 0.1) is 0 Å². The molecule has 3 aliphatic rings. The first-order chi connectivity index (χ1) is 12.7. The third-order valence-electron chi connectivity index (χ3n) is 5.28. The molecular formula is C19H20N2O6. The summed E-state index contributed by atoms with van der Waals surface area (Å²) in [7, 11) is 0. The maximum atomic E-state index is 12.6. The second-order valence-corrected chi connectivity index (χ2v) is 7.72. The van der Waals surface area contributed by atoms with E-state index >= 15 is 0 Å². The molecule has 1 atom stereocenters. The van der Waals surface area contributed by atoms with Gasteiger partial charge in [0, 0.05) is 13.0 Å². The summed E-state index contributed by atoms with van der Waals surface area (Å²) in [6, 6.07) is 7.07. The zero-order valence-electron chi connectivity index (χ0n) is 15.2. The maximum Gasteiger partial charge on any atom is 0.418 e. The third kappa shape index (κ3) is 2.85. The molecule has 27 heavy (non-hydrogen) atoms. The molecule has 3 amide bonds.